The molecule has 138 valence electrons. The molecule has 0 saturated heterocycles. The second-order valence-corrected chi connectivity index (χ2v) is 6.90. The van der Waals surface area contributed by atoms with E-state index in [2.05, 4.69) is 10.0 Å². The molecule has 0 heterocycles. The van der Waals surface area contributed by atoms with Gasteiger partial charge in [-0.05, 0) is 17.7 Å². The number of hydrogen-bond donors (Lipinski definition) is 2. The molecule has 0 aromatic heterocycles. The molecule has 1 amide bonds. The predicted octanol–water partition coefficient (Wildman–Crippen LogP) is 1.80. The van der Waals surface area contributed by atoms with Crippen LogP contribution in [0.5, 0.6) is 0 Å². The van der Waals surface area contributed by atoms with Gasteiger partial charge in [-0.15, -0.1) is 0 Å². The summed E-state index contributed by atoms with van der Waals surface area (Å²) in [5, 5.41) is 13.0. The number of non-ortho nitro benzene ring substituents is 1. The minimum Gasteiger partial charge on any atom is -0.445 e. The van der Waals surface area contributed by atoms with Crippen molar-refractivity contribution >= 4 is 21.8 Å². The molecule has 0 radical (unpaired) electrons. The van der Waals surface area contributed by atoms with E-state index in [0.29, 0.717) is 0 Å². The molecule has 26 heavy (non-hydrogen) atoms. The van der Waals surface area contributed by atoms with Crippen molar-refractivity contribution in [2.75, 3.05) is 13.1 Å². The Balaban J connectivity index is 1.74. The van der Waals surface area contributed by atoms with Crippen molar-refractivity contribution in [2.45, 2.75) is 11.5 Å². The molecule has 2 aromatic rings. The molecule has 0 spiro atoms. The van der Waals surface area contributed by atoms with Gasteiger partial charge in [0.1, 0.15) is 6.61 Å². The zero-order valence-corrected chi connectivity index (χ0v) is 14.4. The van der Waals surface area contributed by atoms with Crippen LogP contribution in [-0.4, -0.2) is 32.5 Å². The highest BCUT2D eigenvalue weighted by atomic mass is 32.2. The van der Waals surface area contributed by atoms with Crippen LogP contribution in [0, 0.1) is 10.1 Å². The maximum Gasteiger partial charge on any atom is 0.407 e. The molecule has 0 unspecified atom stereocenters. The quantitative estimate of drug-likeness (QED) is 0.409. The van der Waals surface area contributed by atoms with Crippen LogP contribution in [0.3, 0.4) is 0 Å². The Bertz CT molecular complexity index is 853. The lowest BCUT2D eigenvalue weighted by molar-refractivity contribution is -0.384. The zero-order chi connectivity index (χ0) is 19.0. The molecule has 10 heteroatoms. The number of carbonyl (C=O) groups excluding carboxylic acids is 1. The van der Waals surface area contributed by atoms with Crippen LogP contribution < -0.4 is 10.0 Å². The van der Waals surface area contributed by atoms with Crippen molar-refractivity contribution in [3.05, 3.63) is 70.3 Å². The topological polar surface area (TPSA) is 128 Å². The normalized spacial score (nSPS) is 10.9. The summed E-state index contributed by atoms with van der Waals surface area (Å²) < 4.78 is 31.4. The number of nitrogens with one attached hydrogen (secondary N) is 2. The number of nitro benzene ring substituents is 1. The third-order valence-electron chi connectivity index (χ3n) is 3.26. The summed E-state index contributed by atoms with van der Waals surface area (Å²) >= 11 is 0. The van der Waals surface area contributed by atoms with Gasteiger partial charge < -0.3 is 10.1 Å². The van der Waals surface area contributed by atoms with Crippen molar-refractivity contribution in [3.63, 3.8) is 0 Å². The number of amides is 1. The fourth-order valence-corrected chi connectivity index (χ4v) is 2.99. The average Bonchev–Trinajstić information content (AvgIpc) is 2.64. The number of hydrogen-bond acceptors (Lipinski definition) is 6. The molecule has 0 bridgehead atoms. The van der Waals surface area contributed by atoms with Gasteiger partial charge in [-0.25, -0.2) is 17.9 Å². The summed E-state index contributed by atoms with van der Waals surface area (Å²) in [5.41, 5.74) is 0.633. The van der Waals surface area contributed by atoms with Crippen LogP contribution in [0.1, 0.15) is 5.56 Å². The monoisotopic (exact) mass is 379 g/mol. The SMILES string of the molecule is O=C(NCCNS(=O)(=O)c1ccc([N+](=O)[O-])cc1)OCc1ccccc1. The minimum atomic E-state index is -3.82. The third-order valence-corrected chi connectivity index (χ3v) is 4.73. The third kappa shape index (κ3) is 5.83. The van der Waals surface area contributed by atoms with E-state index in [1.54, 1.807) is 0 Å². The van der Waals surface area contributed by atoms with E-state index in [9.17, 15) is 23.3 Å². The second kappa shape index (κ2) is 8.92. The molecule has 2 N–H and O–H groups in total. The first kappa shape index (κ1) is 19.3. The summed E-state index contributed by atoms with van der Waals surface area (Å²) in [4.78, 5) is 21.4. The summed E-state index contributed by atoms with van der Waals surface area (Å²) in [7, 11) is -3.82. The Hall–Kier alpha value is -2.98. The van der Waals surface area contributed by atoms with Gasteiger partial charge in [0.15, 0.2) is 0 Å². The average molecular weight is 379 g/mol. The summed E-state index contributed by atoms with van der Waals surface area (Å²) in [6, 6.07) is 13.6. The van der Waals surface area contributed by atoms with Gasteiger partial charge in [-0.3, -0.25) is 10.1 Å². The largest absolute Gasteiger partial charge is 0.445 e. The molecule has 0 fully saturated rings. The molecule has 0 aliphatic rings. The van der Waals surface area contributed by atoms with Crippen LogP contribution >= 0.6 is 0 Å². The lowest BCUT2D eigenvalue weighted by atomic mass is 10.2. The van der Waals surface area contributed by atoms with E-state index in [4.69, 9.17) is 4.74 Å². The Kier molecular flexibility index (Phi) is 6.64. The van der Waals surface area contributed by atoms with Crippen LogP contribution in [0.25, 0.3) is 0 Å². The Morgan fingerprint density at radius 1 is 1.04 bits per heavy atom. The molecule has 0 saturated carbocycles. The van der Waals surface area contributed by atoms with E-state index in [1.165, 1.54) is 0 Å². The highest BCUT2D eigenvalue weighted by molar-refractivity contribution is 7.89. The van der Waals surface area contributed by atoms with Crippen molar-refractivity contribution in [2.24, 2.45) is 0 Å². The second-order valence-electron chi connectivity index (χ2n) is 5.14. The number of sulfonamides is 1. The highest BCUT2D eigenvalue weighted by Crippen LogP contribution is 2.15. The number of ether oxygens (including phenoxy) is 1. The van der Waals surface area contributed by atoms with Gasteiger partial charge in [-0.1, -0.05) is 30.3 Å². The zero-order valence-electron chi connectivity index (χ0n) is 13.6. The molecular formula is C16H17N3O6S. The Morgan fingerprint density at radius 3 is 2.31 bits per heavy atom. The smallest absolute Gasteiger partial charge is 0.407 e. The predicted molar refractivity (Wildman–Crippen MR) is 92.9 cm³/mol. The molecule has 0 aliphatic heterocycles. The van der Waals surface area contributed by atoms with Gasteiger partial charge in [0.05, 0.1) is 9.82 Å². The van der Waals surface area contributed by atoms with Gasteiger partial charge in [0.25, 0.3) is 5.69 Å². The summed E-state index contributed by atoms with van der Waals surface area (Å²) in [6.45, 7) is 0.0841. The van der Waals surface area contributed by atoms with E-state index >= 15 is 0 Å². The maximum atomic E-state index is 12.0. The van der Waals surface area contributed by atoms with E-state index in [1.807, 2.05) is 30.3 Å². The summed E-state index contributed by atoms with van der Waals surface area (Å²) in [5.74, 6) is 0. The molecular weight excluding hydrogens is 362 g/mol. The van der Waals surface area contributed by atoms with E-state index in [0.717, 1.165) is 29.8 Å². The van der Waals surface area contributed by atoms with E-state index < -0.39 is 21.0 Å². The maximum absolute atomic E-state index is 12.0. The van der Waals surface area contributed by atoms with Crippen molar-refractivity contribution < 1.29 is 22.9 Å². The van der Waals surface area contributed by atoms with E-state index in [-0.39, 0.29) is 30.3 Å². The number of nitro groups is 1. The van der Waals surface area contributed by atoms with Gasteiger partial charge in [0.2, 0.25) is 10.0 Å². The van der Waals surface area contributed by atoms with Crippen molar-refractivity contribution in [1.29, 1.82) is 0 Å². The minimum absolute atomic E-state index is 0.0276. The van der Waals surface area contributed by atoms with Crippen LogP contribution in [0.15, 0.2) is 59.5 Å². The number of rotatable bonds is 8. The van der Waals surface area contributed by atoms with Crippen molar-refractivity contribution in [1.82, 2.24) is 10.0 Å². The lowest BCUT2D eigenvalue weighted by Crippen LogP contribution is -2.34. The van der Waals surface area contributed by atoms with Crippen molar-refractivity contribution in [3.8, 4) is 0 Å². The molecule has 2 aromatic carbocycles. The fraction of sp³-hybridized carbons (Fsp3) is 0.188. The molecule has 2 rings (SSSR count). The summed E-state index contributed by atoms with van der Waals surface area (Å²) in [6.07, 6.45) is -0.664. The number of nitrogens with zero attached hydrogens (tertiary/aromatic N) is 1. The highest BCUT2D eigenvalue weighted by Gasteiger charge is 2.15. The number of benzene rings is 2. The molecule has 0 atom stereocenters. The number of carbonyl (C=O) groups is 1. The van der Waals surface area contributed by atoms with Crippen LogP contribution in [0.4, 0.5) is 10.5 Å². The van der Waals surface area contributed by atoms with Crippen LogP contribution in [0.2, 0.25) is 0 Å². The van der Waals surface area contributed by atoms with Crippen LogP contribution in [-0.2, 0) is 21.4 Å². The first-order valence-electron chi connectivity index (χ1n) is 7.57. The molecule has 0 aliphatic carbocycles. The van der Waals surface area contributed by atoms with Gasteiger partial charge in [-0.2, -0.15) is 0 Å². The first-order valence-corrected chi connectivity index (χ1v) is 9.05. The first-order chi connectivity index (χ1) is 12.4. The molecule has 9 nitrogen and oxygen atoms in total. The standard InChI is InChI=1S/C16H17N3O6S/c20-16(25-12-13-4-2-1-3-5-13)17-10-11-18-26(23,24)15-8-6-14(7-9-15)19(21)22/h1-9,18H,10-12H2,(H,17,20). The van der Waals surface area contributed by atoms with Gasteiger partial charge >= 0.3 is 6.09 Å². The number of alkyl carbamates (subject to hydrolysis) is 1. The lowest BCUT2D eigenvalue weighted by Gasteiger charge is -2.09. The van der Waals surface area contributed by atoms with Gasteiger partial charge in [0, 0.05) is 25.2 Å². The Labute approximate surface area is 150 Å². The Morgan fingerprint density at radius 2 is 1.69 bits per heavy atom. The fourth-order valence-electron chi connectivity index (χ4n) is 1.95.